The number of hydrogen-bond acceptors (Lipinski definition) is 5. The van der Waals surface area contributed by atoms with Gasteiger partial charge in [0, 0.05) is 37.5 Å². The number of nitrogens with one attached hydrogen (secondary N) is 1. The van der Waals surface area contributed by atoms with Crippen molar-refractivity contribution >= 4 is 17.3 Å². The zero-order valence-electron chi connectivity index (χ0n) is 20.2. The number of nitrogens with zero attached hydrogens (tertiary/aromatic N) is 2. The second-order valence-corrected chi connectivity index (χ2v) is 10.1. The fraction of sp³-hybridized carbons (Fsp3) is 0.519. The van der Waals surface area contributed by atoms with E-state index in [1.807, 2.05) is 24.3 Å². The van der Waals surface area contributed by atoms with Crippen LogP contribution >= 0.6 is 0 Å². The van der Waals surface area contributed by atoms with Crippen LogP contribution in [0.4, 0.5) is 11.4 Å². The van der Waals surface area contributed by atoms with Gasteiger partial charge in [0.25, 0.3) is 5.69 Å². The highest BCUT2D eigenvalue weighted by Crippen LogP contribution is 2.42. The lowest BCUT2D eigenvalue weighted by Gasteiger charge is -2.34. The number of anilines is 1. The lowest BCUT2D eigenvalue weighted by Crippen LogP contribution is -2.40. The van der Waals surface area contributed by atoms with Gasteiger partial charge in [-0.15, -0.1) is 0 Å². The van der Waals surface area contributed by atoms with Crippen LogP contribution in [0, 0.1) is 22.0 Å². The summed E-state index contributed by atoms with van der Waals surface area (Å²) in [4.78, 5) is 26.4. The smallest absolute Gasteiger partial charge is 0.269 e. The number of non-ortho nitro benzene ring substituents is 1. The number of hydrogen-bond donors (Lipinski definition) is 1. The number of likely N-dealkylation sites (tertiary alicyclic amines) is 1. The summed E-state index contributed by atoms with van der Waals surface area (Å²) in [6, 6.07) is 14.0. The van der Waals surface area contributed by atoms with Gasteiger partial charge < -0.3 is 10.1 Å². The number of carbonyl (C=O) groups is 1. The average Bonchev–Trinajstić information content (AvgIpc) is 3.31. The van der Waals surface area contributed by atoms with Crippen molar-refractivity contribution in [2.45, 2.75) is 51.4 Å². The highest BCUT2D eigenvalue weighted by molar-refractivity contribution is 5.99. The third-order valence-electron chi connectivity index (χ3n) is 7.26. The van der Waals surface area contributed by atoms with Crippen molar-refractivity contribution in [3.05, 3.63) is 64.2 Å². The fourth-order valence-electron chi connectivity index (χ4n) is 5.68. The summed E-state index contributed by atoms with van der Waals surface area (Å²) in [6.45, 7) is 8.46. The van der Waals surface area contributed by atoms with Crippen LogP contribution in [-0.4, -0.2) is 42.0 Å². The van der Waals surface area contributed by atoms with E-state index < -0.39 is 10.3 Å². The predicted octanol–water partition coefficient (Wildman–Crippen LogP) is 5.40. The number of nitro benzene ring substituents is 1. The number of benzene rings is 2. The Balaban J connectivity index is 1.34. The summed E-state index contributed by atoms with van der Waals surface area (Å²) in [7, 11) is 0. The maximum atomic E-state index is 13.4. The monoisotopic (exact) mass is 465 g/mol. The molecule has 2 fully saturated rings. The summed E-state index contributed by atoms with van der Waals surface area (Å²) in [5.41, 5.74) is 0.961. The van der Waals surface area contributed by atoms with Gasteiger partial charge in [-0.25, -0.2) is 0 Å². The molecule has 1 saturated heterocycles. The maximum absolute atomic E-state index is 13.4. The molecule has 2 aromatic carbocycles. The Morgan fingerprint density at radius 1 is 1.06 bits per heavy atom. The Bertz CT molecular complexity index is 974. The van der Waals surface area contributed by atoms with Crippen LogP contribution in [0.1, 0.15) is 51.5 Å². The normalized spacial score (nSPS) is 22.3. The fourth-order valence-corrected chi connectivity index (χ4v) is 5.68. The standard InChI is InChI=1S/C27H35N3O4/c1-20-17-21(2)19-29(18-20)15-16-34-25-11-7-23(8-12-25)28-26(31)27(13-3-4-14-27)22-5-9-24(10-6-22)30(32)33/h5-12,20-21H,3-4,13-19H2,1-2H3,(H,28,31)/t20-,21-/m1/s1. The molecule has 1 aliphatic heterocycles. The van der Waals surface area contributed by atoms with E-state index in [2.05, 4.69) is 24.1 Å². The molecule has 1 saturated carbocycles. The highest BCUT2D eigenvalue weighted by atomic mass is 16.6. The largest absolute Gasteiger partial charge is 0.492 e. The molecule has 0 radical (unpaired) electrons. The molecule has 1 N–H and O–H groups in total. The van der Waals surface area contributed by atoms with Crippen molar-refractivity contribution in [1.29, 1.82) is 0 Å². The van der Waals surface area contributed by atoms with Crippen molar-refractivity contribution in [3.63, 3.8) is 0 Å². The van der Waals surface area contributed by atoms with E-state index >= 15 is 0 Å². The van der Waals surface area contributed by atoms with Crippen molar-refractivity contribution in [2.24, 2.45) is 11.8 Å². The number of ether oxygens (including phenoxy) is 1. The second kappa shape index (κ2) is 10.6. The minimum atomic E-state index is -0.646. The van der Waals surface area contributed by atoms with Crippen molar-refractivity contribution < 1.29 is 14.5 Å². The molecule has 7 heteroatoms. The van der Waals surface area contributed by atoms with Crippen molar-refractivity contribution in [2.75, 3.05) is 31.6 Å². The molecule has 2 atom stereocenters. The van der Waals surface area contributed by atoms with Crippen molar-refractivity contribution in [3.8, 4) is 5.75 Å². The topological polar surface area (TPSA) is 84.7 Å². The highest BCUT2D eigenvalue weighted by Gasteiger charge is 2.42. The lowest BCUT2D eigenvalue weighted by molar-refractivity contribution is -0.384. The Kier molecular flexibility index (Phi) is 7.51. The zero-order chi connectivity index (χ0) is 24.1. The number of carbonyl (C=O) groups excluding carboxylic acids is 1. The van der Waals surface area contributed by atoms with Gasteiger partial charge in [-0.05, 0) is 60.9 Å². The van der Waals surface area contributed by atoms with Crippen LogP contribution in [0.2, 0.25) is 0 Å². The van der Waals surface area contributed by atoms with E-state index in [1.54, 1.807) is 12.1 Å². The Morgan fingerprint density at radius 2 is 1.68 bits per heavy atom. The molecule has 1 amide bonds. The first-order valence-corrected chi connectivity index (χ1v) is 12.4. The van der Waals surface area contributed by atoms with Crippen LogP contribution in [0.3, 0.4) is 0 Å². The van der Waals surface area contributed by atoms with E-state index in [1.165, 1.54) is 18.6 Å². The van der Waals surface area contributed by atoms with Crippen LogP contribution in [-0.2, 0) is 10.2 Å². The molecule has 182 valence electrons. The molecule has 4 rings (SSSR count). The van der Waals surface area contributed by atoms with Crippen LogP contribution < -0.4 is 10.1 Å². The molecular weight excluding hydrogens is 430 g/mol. The van der Waals surface area contributed by atoms with E-state index in [4.69, 9.17) is 4.74 Å². The van der Waals surface area contributed by atoms with Gasteiger partial charge in [0.2, 0.25) is 5.91 Å². The Morgan fingerprint density at radius 3 is 2.26 bits per heavy atom. The number of amides is 1. The minimum Gasteiger partial charge on any atom is -0.492 e. The quantitative estimate of drug-likeness (QED) is 0.417. The molecule has 34 heavy (non-hydrogen) atoms. The molecule has 1 heterocycles. The van der Waals surface area contributed by atoms with E-state index in [0.29, 0.717) is 6.61 Å². The molecule has 0 bridgehead atoms. The summed E-state index contributed by atoms with van der Waals surface area (Å²) < 4.78 is 5.95. The second-order valence-electron chi connectivity index (χ2n) is 10.1. The van der Waals surface area contributed by atoms with E-state index in [9.17, 15) is 14.9 Å². The van der Waals surface area contributed by atoms with Crippen LogP contribution in [0.5, 0.6) is 5.75 Å². The first kappa shape index (κ1) is 24.2. The zero-order valence-corrected chi connectivity index (χ0v) is 20.2. The molecule has 0 unspecified atom stereocenters. The van der Waals surface area contributed by atoms with Crippen molar-refractivity contribution in [1.82, 2.24) is 4.90 Å². The average molecular weight is 466 g/mol. The Labute approximate surface area is 201 Å². The number of piperidine rings is 1. The summed E-state index contributed by atoms with van der Waals surface area (Å²) >= 11 is 0. The van der Waals surface area contributed by atoms with Gasteiger partial charge in [0.1, 0.15) is 12.4 Å². The van der Waals surface area contributed by atoms with Gasteiger partial charge in [-0.2, -0.15) is 0 Å². The van der Waals surface area contributed by atoms with Gasteiger partial charge in [-0.1, -0.05) is 38.8 Å². The first-order valence-electron chi connectivity index (χ1n) is 12.4. The van der Waals surface area contributed by atoms with Gasteiger partial charge in [-0.3, -0.25) is 19.8 Å². The minimum absolute atomic E-state index is 0.0391. The molecule has 0 aromatic heterocycles. The summed E-state index contributed by atoms with van der Waals surface area (Å²) in [5, 5.41) is 14.1. The third-order valence-corrected chi connectivity index (χ3v) is 7.26. The number of nitro groups is 1. The molecule has 7 nitrogen and oxygen atoms in total. The summed E-state index contributed by atoms with van der Waals surface area (Å²) in [5.74, 6) is 2.21. The van der Waals surface area contributed by atoms with Gasteiger partial charge in [0.05, 0.1) is 10.3 Å². The van der Waals surface area contributed by atoms with E-state index in [-0.39, 0.29) is 11.6 Å². The van der Waals surface area contributed by atoms with Crippen LogP contribution in [0.15, 0.2) is 48.5 Å². The first-order chi connectivity index (χ1) is 16.4. The molecule has 2 aromatic rings. The van der Waals surface area contributed by atoms with Gasteiger partial charge in [0.15, 0.2) is 0 Å². The molecule has 1 aliphatic carbocycles. The third kappa shape index (κ3) is 5.58. The van der Waals surface area contributed by atoms with E-state index in [0.717, 1.165) is 74.2 Å². The summed E-state index contributed by atoms with van der Waals surface area (Å²) in [6.07, 6.45) is 4.71. The van der Waals surface area contributed by atoms with Crippen LogP contribution in [0.25, 0.3) is 0 Å². The SMILES string of the molecule is C[C@@H]1C[C@@H](C)CN(CCOc2ccc(NC(=O)C3(c4ccc([N+](=O)[O-])cc4)CCCC3)cc2)C1. The molecular formula is C27H35N3O4. The predicted molar refractivity (Wildman–Crippen MR) is 133 cm³/mol. The number of rotatable bonds is 8. The lowest BCUT2D eigenvalue weighted by atomic mass is 9.78. The Hall–Kier alpha value is -2.93. The molecule has 2 aliphatic rings. The van der Waals surface area contributed by atoms with Gasteiger partial charge >= 0.3 is 0 Å². The maximum Gasteiger partial charge on any atom is 0.269 e. The molecule has 0 spiro atoms.